The van der Waals surface area contributed by atoms with E-state index in [1.165, 1.54) is 47.3 Å². The predicted molar refractivity (Wildman–Crippen MR) is 77.5 cm³/mol. The molecule has 0 amide bonds. The Morgan fingerprint density at radius 3 is 2.68 bits per heavy atom. The largest absolute Gasteiger partial charge is 0.345 e. The molecule has 0 aliphatic heterocycles. The van der Waals surface area contributed by atoms with Crippen LogP contribution in [0.3, 0.4) is 0 Å². The topological polar surface area (TPSA) is 28.7 Å². The number of nitrogens with zero attached hydrogens (tertiary/aromatic N) is 1. The van der Waals surface area contributed by atoms with Crippen molar-refractivity contribution in [3.8, 4) is 11.3 Å². The van der Waals surface area contributed by atoms with Gasteiger partial charge < -0.3 is 4.98 Å². The van der Waals surface area contributed by atoms with Crippen LogP contribution in [0, 0.1) is 6.92 Å². The van der Waals surface area contributed by atoms with Gasteiger partial charge in [0.25, 0.3) is 0 Å². The molecule has 4 rings (SSSR count). The van der Waals surface area contributed by atoms with E-state index in [0.29, 0.717) is 5.92 Å². The molecule has 0 radical (unpaired) electrons. The smallest absolute Gasteiger partial charge is 0.103 e. The summed E-state index contributed by atoms with van der Waals surface area (Å²) in [5.74, 6) is 1.64. The van der Waals surface area contributed by atoms with E-state index in [0.717, 1.165) is 5.82 Å². The number of H-pyrrole nitrogens is 1. The van der Waals surface area contributed by atoms with Gasteiger partial charge in [0, 0.05) is 11.0 Å². The molecule has 0 bridgehead atoms. The third-order valence-electron chi connectivity index (χ3n) is 4.99. The van der Waals surface area contributed by atoms with Crippen LogP contribution in [0.1, 0.15) is 61.7 Å². The Morgan fingerprint density at radius 1 is 1.26 bits per heavy atom. The summed E-state index contributed by atoms with van der Waals surface area (Å²) >= 11 is 0. The molecule has 1 N–H and O–H groups in total. The van der Waals surface area contributed by atoms with Crippen LogP contribution in [0.15, 0.2) is 18.2 Å². The van der Waals surface area contributed by atoms with Crippen LogP contribution in [0.2, 0.25) is 0 Å². The van der Waals surface area contributed by atoms with Gasteiger partial charge in [-0.15, -0.1) is 0 Å². The molecule has 1 fully saturated rings. The van der Waals surface area contributed by atoms with Crippen molar-refractivity contribution in [2.24, 2.45) is 0 Å². The number of hydrogen-bond donors (Lipinski definition) is 1. The van der Waals surface area contributed by atoms with Gasteiger partial charge >= 0.3 is 0 Å². The summed E-state index contributed by atoms with van der Waals surface area (Å²) in [6.07, 6.45) is 3.88. The summed E-state index contributed by atoms with van der Waals surface area (Å²) in [7, 11) is 0. The molecule has 2 aliphatic rings. The normalized spacial score (nSPS) is 18.5. The number of fused-ring (bicyclic) bond motifs is 5. The summed E-state index contributed by atoms with van der Waals surface area (Å²) in [6.45, 7) is 6.60. The van der Waals surface area contributed by atoms with Crippen LogP contribution in [-0.4, -0.2) is 9.97 Å². The molecule has 1 heterocycles. The second kappa shape index (κ2) is 3.50. The van der Waals surface area contributed by atoms with Gasteiger partial charge in [-0.1, -0.05) is 38.5 Å². The molecule has 0 saturated heterocycles. The average molecular weight is 252 g/mol. The van der Waals surface area contributed by atoms with E-state index >= 15 is 0 Å². The van der Waals surface area contributed by atoms with Crippen molar-refractivity contribution in [2.45, 2.75) is 51.4 Å². The maximum atomic E-state index is 4.73. The molecule has 0 unspecified atom stereocenters. The van der Waals surface area contributed by atoms with E-state index in [1.807, 2.05) is 0 Å². The second-order valence-corrected chi connectivity index (χ2v) is 6.44. The third kappa shape index (κ3) is 1.29. The zero-order chi connectivity index (χ0) is 13.2. The first-order valence-corrected chi connectivity index (χ1v) is 7.34. The minimum Gasteiger partial charge on any atom is -0.345 e. The SMILES string of the molecule is Cc1nc2c([nH]1)C1(CCC1)c1cc(C(C)C)ccc1-2. The van der Waals surface area contributed by atoms with E-state index in [9.17, 15) is 0 Å². The van der Waals surface area contributed by atoms with E-state index in [-0.39, 0.29) is 5.41 Å². The van der Waals surface area contributed by atoms with Gasteiger partial charge in [-0.3, -0.25) is 0 Å². The summed E-state index contributed by atoms with van der Waals surface area (Å²) in [6, 6.07) is 7.00. The van der Waals surface area contributed by atoms with Gasteiger partial charge in [-0.2, -0.15) is 0 Å². The van der Waals surface area contributed by atoms with Crippen molar-refractivity contribution in [2.75, 3.05) is 0 Å². The number of aryl methyl sites for hydroxylation is 1. The lowest BCUT2D eigenvalue weighted by atomic mass is 9.64. The quantitative estimate of drug-likeness (QED) is 0.805. The minimum atomic E-state index is 0.261. The lowest BCUT2D eigenvalue weighted by molar-refractivity contribution is 0.302. The number of imidazole rings is 1. The molecule has 2 nitrogen and oxygen atoms in total. The Hall–Kier alpha value is -1.57. The van der Waals surface area contributed by atoms with Crippen molar-refractivity contribution < 1.29 is 0 Å². The third-order valence-corrected chi connectivity index (χ3v) is 4.99. The Morgan fingerprint density at radius 2 is 2.05 bits per heavy atom. The molecule has 0 atom stereocenters. The highest BCUT2D eigenvalue weighted by Crippen LogP contribution is 2.58. The molecule has 1 aromatic carbocycles. The Bertz CT molecular complexity index is 660. The van der Waals surface area contributed by atoms with Gasteiger partial charge in [0.05, 0.1) is 11.4 Å². The number of rotatable bonds is 1. The average Bonchev–Trinajstić information content (AvgIpc) is 2.80. The van der Waals surface area contributed by atoms with Crippen LogP contribution in [0.25, 0.3) is 11.3 Å². The van der Waals surface area contributed by atoms with Crippen LogP contribution >= 0.6 is 0 Å². The lowest BCUT2D eigenvalue weighted by Gasteiger charge is -2.39. The first kappa shape index (κ1) is 11.3. The first-order chi connectivity index (χ1) is 9.12. The monoisotopic (exact) mass is 252 g/mol. The zero-order valence-corrected chi connectivity index (χ0v) is 11.9. The molecule has 1 spiro atoms. The molecule has 1 saturated carbocycles. The Labute approximate surface area is 114 Å². The van der Waals surface area contributed by atoms with Crippen molar-refractivity contribution in [1.82, 2.24) is 9.97 Å². The van der Waals surface area contributed by atoms with Crippen LogP contribution in [0.4, 0.5) is 0 Å². The van der Waals surface area contributed by atoms with Gasteiger partial charge in [0.1, 0.15) is 5.82 Å². The fourth-order valence-electron chi connectivity index (χ4n) is 3.74. The van der Waals surface area contributed by atoms with Gasteiger partial charge in [0.2, 0.25) is 0 Å². The summed E-state index contributed by atoms with van der Waals surface area (Å²) in [5.41, 5.74) is 7.19. The fraction of sp³-hybridized carbons (Fsp3) is 0.471. The maximum absolute atomic E-state index is 4.73. The van der Waals surface area contributed by atoms with Gasteiger partial charge in [0.15, 0.2) is 0 Å². The van der Waals surface area contributed by atoms with Crippen molar-refractivity contribution in [3.63, 3.8) is 0 Å². The lowest BCUT2D eigenvalue weighted by Crippen LogP contribution is -2.33. The fourth-order valence-corrected chi connectivity index (χ4v) is 3.74. The Balaban J connectivity index is 1.98. The van der Waals surface area contributed by atoms with E-state index < -0.39 is 0 Å². The molecule has 19 heavy (non-hydrogen) atoms. The number of benzene rings is 1. The van der Waals surface area contributed by atoms with Crippen molar-refractivity contribution >= 4 is 0 Å². The molecular weight excluding hydrogens is 232 g/mol. The van der Waals surface area contributed by atoms with Crippen molar-refractivity contribution in [3.05, 3.63) is 40.8 Å². The molecule has 2 aliphatic carbocycles. The van der Waals surface area contributed by atoms with Crippen molar-refractivity contribution in [1.29, 1.82) is 0 Å². The van der Waals surface area contributed by atoms with Gasteiger partial charge in [-0.25, -0.2) is 4.98 Å². The summed E-state index contributed by atoms with van der Waals surface area (Å²) < 4.78 is 0. The number of aromatic amines is 1. The van der Waals surface area contributed by atoms with Crippen LogP contribution < -0.4 is 0 Å². The van der Waals surface area contributed by atoms with Crippen LogP contribution in [0.5, 0.6) is 0 Å². The number of hydrogen-bond acceptors (Lipinski definition) is 1. The standard InChI is InChI=1S/C17H20N2/c1-10(2)12-5-6-13-14(9-12)17(7-4-8-17)16-15(13)18-11(3)19-16/h5-6,9-10H,4,7-8H2,1-3H3,(H,18,19). The van der Waals surface area contributed by atoms with E-state index in [1.54, 1.807) is 0 Å². The highest BCUT2D eigenvalue weighted by atomic mass is 15.0. The molecular formula is C17H20N2. The highest BCUT2D eigenvalue weighted by molar-refractivity contribution is 5.78. The highest BCUT2D eigenvalue weighted by Gasteiger charge is 2.49. The van der Waals surface area contributed by atoms with E-state index in [2.05, 4.69) is 44.0 Å². The Kier molecular flexibility index (Phi) is 2.08. The number of aromatic nitrogens is 2. The molecule has 2 aromatic rings. The summed E-state index contributed by atoms with van der Waals surface area (Å²) in [4.78, 5) is 8.26. The molecule has 98 valence electrons. The van der Waals surface area contributed by atoms with Crippen LogP contribution in [-0.2, 0) is 5.41 Å². The molecule has 1 aromatic heterocycles. The first-order valence-electron chi connectivity index (χ1n) is 7.34. The minimum absolute atomic E-state index is 0.261. The zero-order valence-electron chi connectivity index (χ0n) is 11.9. The van der Waals surface area contributed by atoms with Gasteiger partial charge in [-0.05, 0) is 36.8 Å². The number of nitrogens with one attached hydrogen (secondary N) is 1. The predicted octanol–water partition coefficient (Wildman–Crippen LogP) is 4.29. The summed E-state index contributed by atoms with van der Waals surface area (Å²) in [5, 5.41) is 0. The van der Waals surface area contributed by atoms with E-state index in [4.69, 9.17) is 4.98 Å². The molecule has 2 heteroatoms. The second-order valence-electron chi connectivity index (χ2n) is 6.44. The maximum Gasteiger partial charge on any atom is 0.103 e.